The maximum atomic E-state index is 11.4. The number of rotatable bonds is 5. The number of hydrogen-bond donors (Lipinski definition) is 2. The minimum absolute atomic E-state index is 0.107. The SMILES string of the molecule is COC(CNC(=O)c1ccc(C)o1)C(=O)O. The molecule has 0 aliphatic heterocycles. The maximum Gasteiger partial charge on any atom is 0.334 e. The summed E-state index contributed by atoms with van der Waals surface area (Å²) in [6.07, 6.45) is -1.06. The molecule has 0 aromatic carbocycles. The van der Waals surface area contributed by atoms with Gasteiger partial charge >= 0.3 is 5.97 Å². The number of hydrogen-bond acceptors (Lipinski definition) is 4. The first-order valence-corrected chi connectivity index (χ1v) is 4.65. The molecule has 6 heteroatoms. The summed E-state index contributed by atoms with van der Waals surface area (Å²) >= 11 is 0. The number of carboxylic acids is 1. The Morgan fingerprint density at radius 1 is 1.56 bits per heavy atom. The molecule has 1 unspecified atom stereocenters. The highest BCUT2D eigenvalue weighted by atomic mass is 16.5. The number of carbonyl (C=O) groups is 2. The molecule has 2 N–H and O–H groups in total. The molecular weight excluding hydrogens is 214 g/mol. The molecule has 1 atom stereocenters. The average Bonchev–Trinajstić information content (AvgIpc) is 2.65. The highest BCUT2D eigenvalue weighted by Gasteiger charge is 2.18. The van der Waals surface area contributed by atoms with E-state index in [2.05, 4.69) is 10.1 Å². The third kappa shape index (κ3) is 3.09. The number of carbonyl (C=O) groups excluding carboxylic acids is 1. The number of nitrogens with one attached hydrogen (secondary N) is 1. The summed E-state index contributed by atoms with van der Waals surface area (Å²) in [5.74, 6) is -0.820. The van der Waals surface area contributed by atoms with Gasteiger partial charge in [0.15, 0.2) is 11.9 Å². The van der Waals surface area contributed by atoms with E-state index in [0.717, 1.165) is 0 Å². The summed E-state index contributed by atoms with van der Waals surface area (Å²) in [6, 6.07) is 3.17. The van der Waals surface area contributed by atoms with Crippen molar-refractivity contribution in [3.8, 4) is 0 Å². The highest BCUT2D eigenvalue weighted by Crippen LogP contribution is 2.05. The number of furan rings is 1. The number of aryl methyl sites for hydroxylation is 1. The van der Waals surface area contributed by atoms with Crippen LogP contribution in [0.4, 0.5) is 0 Å². The maximum absolute atomic E-state index is 11.4. The van der Waals surface area contributed by atoms with E-state index in [9.17, 15) is 9.59 Å². The molecule has 6 nitrogen and oxygen atoms in total. The lowest BCUT2D eigenvalue weighted by atomic mass is 10.3. The van der Waals surface area contributed by atoms with Crippen molar-refractivity contribution in [3.63, 3.8) is 0 Å². The summed E-state index contributed by atoms with van der Waals surface area (Å²) in [5, 5.41) is 11.1. The van der Waals surface area contributed by atoms with Crippen LogP contribution in [0.3, 0.4) is 0 Å². The van der Waals surface area contributed by atoms with Crippen molar-refractivity contribution in [1.82, 2.24) is 5.32 Å². The smallest absolute Gasteiger partial charge is 0.334 e. The van der Waals surface area contributed by atoms with Crippen molar-refractivity contribution in [1.29, 1.82) is 0 Å². The number of carboxylic acid groups (broad SMARTS) is 1. The molecule has 0 aliphatic carbocycles. The molecule has 0 bridgehead atoms. The first kappa shape index (κ1) is 12.3. The van der Waals surface area contributed by atoms with Crippen LogP contribution in [0.2, 0.25) is 0 Å². The van der Waals surface area contributed by atoms with Gasteiger partial charge in [0.25, 0.3) is 5.91 Å². The van der Waals surface area contributed by atoms with Gasteiger partial charge in [-0.1, -0.05) is 0 Å². The van der Waals surface area contributed by atoms with Gasteiger partial charge in [0.2, 0.25) is 0 Å². The Bertz CT molecular complexity index is 384. The van der Waals surface area contributed by atoms with Gasteiger partial charge in [0.1, 0.15) is 5.76 Å². The number of aliphatic carboxylic acids is 1. The highest BCUT2D eigenvalue weighted by molar-refractivity contribution is 5.91. The minimum atomic E-state index is -1.13. The zero-order valence-corrected chi connectivity index (χ0v) is 9.02. The first-order chi connectivity index (χ1) is 7.54. The van der Waals surface area contributed by atoms with Crippen molar-refractivity contribution in [3.05, 3.63) is 23.7 Å². The van der Waals surface area contributed by atoms with E-state index in [0.29, 0.717) is 5.76 Å². The average molecular weight is 227 g/mol. The van der Waals surface area contributed by atoms with Crippen LogP contribution in [0, 0.1) is 6.92 Å². The molecule has 88 valence electrons. The number of methoxy groups -OCH3 is 1. The fourth-order valence-electron chi connectivity index (χ4n) is 1.10. The Morgan fingerprint density at radius 3 is 2.69 bits per heavy atom. The molecule has 0 saturated carbocycles. The Labute approximate surface area is 92.2 Å². The van der Waals surface area contributed by atoms with Gasteiger partial charge in [-0.25, -0.2) is 4.79 Å². The van der Waals surface area contributed by atoms with Gasteiger partial charge in [-0.2, -0.15) is 0 Å². The van der Waals surface area contributed by atoms with Gasteiger partial charge in [0, 0.05) is 7.11 Å². The Kier molecular flexibility index (Phi) is 4.07. The molecule has 1 aromatic heterocycles. The van der Waals surface area contributed by atoms with Crippen molar-refractivity contribution < 1.29 is 23.8 Å². The van der Waals surface area contributed by atoms with E-state index in [-0.39, 0.29) is 12.3 Å². The quantitative estimate of drug-likeness (QED) is 0.760. The van der Waals surface area contributed by atoms with Crippen molar-refractivity contribution in [2.45, 2.75) is 13.0 Å². The largest absolute Gasteiger partial charge is 0.479 e. The lowest BCUT2D eigenvalue weighted by molar-refractivity contribution is -0.148. The van der Waals surface area contributed by atoms with Gasteiger partial charge in [-0.3, -0.25) is 4.79 Å². The topological polar surface area (TPSA) is 88.8 Å². The molecule has 0 spiro atoms. The molecule has 0 radical (unpaired) electrons. The van der Waals surface area contributed by atoms with Crippen molar-refractivity contribution in [2.75, 3.05) is 13.7 Å². The normalized spacial score (nSPS) is 12.1. The van der Waals surface area contributed by atoms with E-state index >= 15 is 0 Å². The monoisotopic (exact) mass is 227 g/mol. The van der Waals surface area contributed by atoms with Crippen molar-refractivity contribution >= 4 is 11.9 Å². The van der Waals surface area contributed by atoms with E-state index in [4.69, 9.17) is 9.52 Å². The summed E-state index contributed by atoms with van der Waals surface area (Å²) in [4.78, 5) is 22.0. The summed E-state index contributed by atoms with van der Waals surface area (Å²) in [6.45, 7) is 1.61. The minimum Gasteiger partial charge on any atom is -0.479 e. The third-order valence-electron chi connectivity index (χ3n) is 1.97. The number of ether oxygens (including phenoxy) is 1. The Morgan fingerprint density at radius 2 is 2.25 bits per heavy atom. The predicted octanol–water partition coefficient (Wildman–Crippen LogP) is 0.417. The van der Waals surface area contributed by atoms with E-state index in [1.807, 2.05) is 0 Å². The molecule has 1 amide bonds. The molecule has 1 heterocycles. The lowest BCUT2D eigenvalue weighted by Gasteiger charge is -2.10. The zero-order chi connectivity index (χ0) is 12.1. The van der Waals surface area contributed by atoms with Crippen LogP contribution < -0.4 is 5.32 Å². The fourth-order valence-corrected chi connectivity index (χ4v) is 1.10. The van der Waals surface area contributed by atoms with Gasteiger partial charge in [-0.15, -0.1) is 0 Å². The van der Waals surface area contributed by atoms with Crippen LogP contribution in [-0.4, -0.2) is 36.7 Å². The molecule has 1 aromatic rings. The molecular formula is C10H13NO5. The van der Waals surface area contributed by atoms with Crippen molar-refractivity contribution in [2.24, 2.45) is 0 Å². The van der Waals surface area contributed by atoms with Gasteiger partial charge < -0.3 is 19.6 Å². The van der Waals surface area contributed by atoms with Crippen LogP contribution in [0.5, 0.6) is 0 Å². The molecule has 1 rings (SSSR count). The second-order valence-electron chi connectivity index (χ2n) is 3.18. The lowest BCUT2D eigenvalue weighted by Crippen LogP contribution is -2.37. The zero-order valence-electron chi connectivity index (χ0n) is 9.02. The second kappa shape index (κ2) is 5.32. The van der Waals surface area contributed by atoms with Crippen LogP contribution in [0.15, 0.2) is 16.5 Å². The fraction of sp³-hybridized carbons (Fsp3) is 0.400. The Balaban J connectivity index is 2.49. The van der Waals surface area contributed by atoms with Crippen LogP contribution >= 0.6 is 0 Å². The Hall–Kier alpha value is -1.82. The standard InChI is InChI=1S/C10H13NO5/c1-6-3-4-7(16-6)9(12)11-5-8(15-2)10(13)14/h3-4,8H,5H2,1-2H3,(H,11,12)(H,13,14). The third-order valence-corrected chi connectivity index (χ3v) is 1.97. The summed E-state index contributed by atoms with van der Waals surface area (Å²) in [5.41, 5.74) is 0. The van der Waals surface area contributed by atoms with Gasteiger partial charge in [0.05, 0.1) is 6.54 Å². The first-order valence-electron chi connectivity index (χ1n) is 4.65. The van der Waals surface area contributed by atoms with Crippen LogP contribution in [-0.2, 0) is 9.53 Å². The van der Waals surface area contributed by atoms with Crippen LogP contribution in [0.1, 0.15) is 16.3 Å². The summed E-state index contributed by atoms with van der Waals surface area (Å²) in [7, 11) is 1.27. The molecule has 0 fully saturated rings. The van der Waals surface area contributed by atoms with Gasteiger partial charge in [-0.05, 0) is 19.1 Å². The molecule has 16 heavy (non-hydrogen) atoms. The predicted molar refractivity (Wildman–Crippen MR) is 54.2 cm³/mol. The van der Waals surface area contributed by atoms with E-state index in [1.54, 1.807) is 13.0 Å². The van der Waals surface area contributed by atoms with Crippen LogP contribution in [0.25, 0.3) is 0 Å². The summed E-state index contributed by atoms with van der Waals surface area (Å²) < 4.78 is 9.73. The number of amides is 1. The second-order valence-corrected chi connectivity index (χ2v) is 3.18. The van der Waals surface area contributed by atoms with E-state index in [1.165, 1.54) is 13.2 Å². The van der Waals surface area contributed by atoms with E-state index < -0.39 is 18.0 Å². The molecule has 0 saturated heterocycles. The molecule has 0 aliphatic rings.